The molecule has 0 heterocycles. The number of hydrogen-bond acceptors (Lipinski definition) is 2. The summed E-state index contributed by atoms with van der Waals surface area (Å²) in [6.45, 7) is -0.318. The van der Waals surface area contributed by atoms with Crippen molar-refractivity contribution in [3.8, 4) is 0 Å². The smallest absolute Gasteiger partial charge is 0.368 e. The Morgan fingerprint density at radius 1 is 1.19 bits per heavy atom. The van der Waals surface area contributed by atoms with Crippen LogP contribution in [-0.2, 0) is 9.59 Å². The van der Waals surface area contributed by atoms with Crippen LogP contribution in [0, 0.1) is 0 Å². The van der Waals surface area contributed by atoms with Gasteiger partial charge in [0.25, 0.3) is 0 Å². The lowest BCUT2D eigenvalue weighted by molar-refractivity contribution is -0.274. The first-order valence-electron chi connectivity index (χ1n) is 4.06. The van der Waals surface area contributed by atoms with E-state index in [-0.39, 0.29) is 4.90 Å². The van der Waals surface area contributed by atoms with Crippen LogP contribution in [0.1, 0.15) is 6.92 Å². The number of halogens is 5. The fourth-order valence-electron chi connectivity index (χ4n) is 0.835. The molecule has 0 aromatic heterocycles. The maximum absolute atomic E-state index is 12.5. The summed E-state index contributed by atoms with van der Waals surface area (Å²) in [6.07, 6.45) is -5.99. The van der Waals surface area contributed by atoms with Crippen LogP contribution >= 0.6 is 0 Å². The van der Waals surface area contributed by atoms with Gasteiger partial charge in [0.1, 0.15) is 0 Å². The summed E-state index contributed by atoms with van der Waals surface area (Å²) in [7, 11) is 0. The molecule has 0 aliphatic rings. The van der Waals surface area contributed by atoms with Crippen molar-refractivity contribution in [2.45, 2.75) is 19.0 Å². The highest BCUT2D eigenvalue weighted by molar-refractivity contribution is 5.88. The molecule has 0 fully saturated rings. The van der Waals surface area contributed by atoms with Gasteiger partial charge in [0.2, 0.25) is 5.91 Å². The third-order valence-corrected chi connectivity index (χ3v) is 1.64. The predicted molar refractivity (Wildman–Crippen MR) is 42.5 cm³/mol. The molecule has 16 heavy (non-hydrogen) atoms. The molecule has 0 aliphatic heterocycles. The fourth-order valence-corrected chi connectivity index (χ4v) is 0.835. The third kappa shape index (κ3) is 3.04. The lowest BCUT2D eigenvalue weighted by atomic mass is 10.2. The Balaban J connectivity index is 4.95. The van der Waals surface area contributed by atoms with Gasteiger partial charge in [-0.1, -0.05) is 0 Å². The zero-order valence-corrected chi connectivity index (χ0v) is 8.15. The van der Waals surface area contributed by atoms with Gasteiger partial charge in [0.15, 0.2) is 0 Å². The minimum absolute atomic E-state index is 0.0375. The number of carbonyl (C=O) groups excluding carboxylic acids is 2. The molecule has 9 heteroatoms. The molecule has 0 saturated heterocycles. The van der Waals surface area contributed by atoms with Gasteiger partial charge < -0.3 is 10.6 Å². The number of nitrogens with two attached hydrogens (primary N) is 1. The molecule has 0 spiro atoms. The van der Waals surface area contributed by atoms with Gasteiger partial charge >= 0.3 is 18.0 Å². The Labute approximate surface area is 87.2 Å². The van der Waals surface area contributed by atoms with Crippen LogP contribution in [0.2, 0.25) is 0 Å². The molecule has 4 nitrogen and oxygen atoms in total. The molecule has 2 N–H and O–H groups in total. The largest absolute Gasteiger partial charge is 0.463 e. The van der Waals surface area contributed by atoms with Crippen LogP contribution < -0.4 is 5.73 Å². The topological polar surface area (TPSA) is 63.4 Å². The molecule has 0 bridgehead atoms. The summed E-state index contributed by atoms with van der Waals surface area (Å²) in [5.41, 5.74) is 4.60. The molecule has 0 aromatic rings. The Morgan fingerprint density at radius 2 is 1.62 bits per heavy atom. The van der Waals surface area contributed by atoms with Gasteiger partial charge in [-0.25, -0.2) is 0 Å². The van der Waals surface area contributed by atoms with Gasteiger partial charge in [0.05, 0.1) is 6.54 Å². The lowest BCUT2D eigenvalue weighted by Crippen LogP contribution is -2.53. The standard InChI is InChI=1S/C7H9F5N2O2/c1-2-14(3-4(13)15)5(16)6(8,9)7(10,11)12/h2-3H2,1H3,(H2,13,15). The van der Waals surface area contributed by atoms with Crippen molar-refractivity contribution in [3.05, 3.63) is 0 Å². The number of rotatable bonds is 4. The van der Waals surface area contributed by atoms with Gasteiger partial charge in [0, 0.05) is 6.54 Å². The average Bonchev–Trinajstić information content (AvgIpc) is 2.10. The van der Waals surface area contributed by atoms with E-state index in [1.165, 1.54) is 0 Å². The molecule has 0 saturated carbocycles. The van der Waals surface area contributed by atoms with Crippen LogP contribution in [0.25, 0.3) is 0 Å². The predicted octanol–water partition coefficient (Wildman–Crippen LogP) is 0.518. The Morgan fingerprint density at radius 3 is 1.88 bits per heavy atom. The minimum Gasteiger partial charge on any atom is -0.368 e. The van der Waals surface area contributed by atoms with Crippen LogP contribution in [0.4, 0.5) is 22.0 Å². The van der Waals surface area contributed by atoms with Gasteiger partial charge in [-0.3, -0.25) is 9.59 Å². The summed E-state index contributed by atoms with van der Waals surface area (Å²) < 4.78 is 60.5. The highest BCUT2D eigenvalue weighted by Crippen LogP contribution is 2.36. The quantitative estimate of drug-likeness (QED) is 0.737. The van der Waals surface area contributed by atoms with Crippen molar-refractivity contribution in [1.29, 1.82) is 0 Å². The number of hydrogen-bond donors (Lipinski definition) is 1. The van der Waals surface area contributed by atoms with Crippen molar-refractivity contribution in [2.24, 2.45) is 5.73 Å². The first-order valence-corrected chi connectivity index (χ1v) is 4.06. The van der Waals surface area contributed by atoms with E-state index in [1.807, 2.05) is 0 Å². The molecule has 0 unspecified atom stereocenters. The van der Waals surface area contributed by atoms with E-state index in [2.05, 4.69) is 5.73 Å². The van der Waals surface area contributed by atoms with E-state index in [1.54, 1.807) is 0 Å². The molecule has 94 valence electrons. The summed E-state index contributed by atoms with van der Waals surface area (Å²) in [5, 5.41) is 0. The maximum atomic E-state index is 12.5. The monoisotopic (exact) mass is 248 g/mol. The minimum atomic E-state index is -5.99. The van der Waals surface area contributed by atoms with Crippen molar-refractivity contribution < 1.29 is 31.5 Å². The van der Waals surface area contributed by atoms with Crippen LogP contribution in [0.15, 0.2) is 0 Å². The van der Waals surface area contributed by atoms with Gasteiger partial charge in [-0.05, 0) is 6.92 Å². The van der Waals surface area contributed by atoms with Gasteiger partial charge in [-0.2, -0.15) is 22.0 Å². The van der Waals surface area contributed by atoms with E-state index < -0.39 is 37.0 Å². The zero-order valence-electron chi connectivity index (χ0n) is 8.15. The normalized spacial score (nSPS) is 12.4. The Hall–Kier alpha value is -1.41. The fraction of sp³-hybridized carbons (Fsp3) is 0.714. The molecular formula is C7H9F5N2O2. The van der Waals surface area contributed by atoms with E-state index in [9.17, 15) is 31.5 Å². The second-order valence-electron chi connectivity index (χ2n) is 2.86. The Kier molecular flexibility index (Phi) is 4.21. The van der Waals surface area contributed by atoms with Crippen molar-refractivity contribution in [2.75, 3.05) is 13.1 Å². The summed E-state index contributed by atoms with van der Waals surface area (Å²) >= 11 is 0. The third-order valence-electron chi connectivity index (χ3n) is 1.64. The molecule has 2 amide bonds. The number of likely N-dealkylation sites (N-methyl/N-ethyl adjacent to an activating group) is 1. The summed E-state index contributed by atoms with van der Waals surface area (Å²) in [5.74, 6) is -9.17. The molecule has 0 rings (SSSR count). The number of alkyl halides is 5. The van der Waals surface area contributed by atoms with Gasteiger partial charge in [-0.15, -0.1) is 0 Å². The van der Waals surface area contributed by atoms with Crippen molar-refractivity contribution in [3.63, 3.8) is 0 Å². The average molecular weight is 248 g/mol. The number of carbonyl (C=O) groups is 2. The van der Waals surface area contributed by atoms with Crippen LogP contribution in [0.5, 0.6) is 0 Å². The molecular weight excluding hydrogens is 239 g/mol. The van der Waals surface area contributed by atoms with E-state index >= 15 is 0 Å². The van der Waals surface area contributed by atoms with Crippen LogP contribution in [-0.4, -0.2) is 41.9 Å². The maximum Gasteiger partial charge on any atom is 0.463 e. The van der Waals surface area contributed by atoms with Crippen molar-refractivity contribution in [1.82, 2.24) is 4.90 Å². The first-order chi connectivity index (χ1) is 7.04. The van der Waals surface area contributed by atoms with E-state index in [0.29, 0.717) is 0 Å². The highest BCUT2D eigenvalue weighted by atomic mass is 19.4. The second-order valence-corrected chi connectivity index (χ2v) is 2.86. The van der Waals surface area contributed by atoms with Crippen LogP contribution in [0.3, 0.4) is 0 Å². The molecule has 0 aromatic carbocycles. The summed E-state index contributed by atoms with van der Waals surface area (Å²) in [4.78, 5) is 21.2. The zero-order chi connectivity index (χ0) is 13.1. The van der Waals surface area contributed by atoms with E-state index in [4.69, 9.17) is 0 Å². The highest BCUT2D eigenvalue weighted by Gasteiger charge is 2.64. The SMILES string of the molecule is CCN(CC(N)=O)C(=O)C(F)(F)C(F)(F)F. The summed E-state index contributed by atoms with van der Waals surface area (Å²) in [6, 6.07) is 0. The molecule has 0 aliphatic carbocycles. The molecule has 0 atom stereocenters. The lowest BCUT2D eigenvalue weighted by Gasteiger charge is -2.25. The number of primary amides is 1. The van der Waals surface area contributed by atoms with E-state index in [0.717, 1.165) is 6.92 Å². The number of nitrogens with zero attached hydrogens (tertiary/aromatic N) is 1. The number of amides is 2. The van der Waals surface area contributed by atoms with Crippen molar-refractivity contribution >= 4 is 11.8 Å². The second kappa shape index (κ2) is 4.62. The first kappa shape index (κ1) is 14.6. The Bertz CT molecular complexity index is 289. The molecule has 0 radical (unpaired) electrons.